The van der Waals surface area contributed by atoms with Crippen molar-refractivity contribution in [1.29, 1.82) is 0 Å². The van der Waals surface area contributed by atoms with Crippen molar-refractivity contribution in [2.24, 2.45) is 0 Å². The van der Waals surface area contributed by atoms with Crippen LogP contribution < -0.4 is 5.32 Å². The molecule has 2 aromatic rings. The van der Waals surface area contributed by atoms with Gasteiger partial charge < -0.3 is 10.1 Å². The number of amides is 1. The second-order valence-corrected chi connectivity index (χ2v) is 6.72. The summed E-state index contributed by atoms with van der Waals surface area (Å²) in [6.07, 6.45) is 0. The molecule has 0 radical (unpaired) electrons. The van der Waals surface area contributed by atoms with Crippen molar-refractivity contribution in [3.05, 3.63) is 34.7 Å². The van der Waals surface area contributed by atoms with E-state index in [1.807, 2.05) is 11.4 Å². The van der Waals surface area contributed by atoms with E-state index in [1.54, 1.807) is 18.9 Å². The lowest BCUT2D eigenvalue weighted by atomic mass is 10.1. The van der Waals surface area contributed by atoms with Crippen molar-refractivity contribution in [2.45, 2.75) is 20.8 Å². The molecule has 25 heavy (non-hydrogen) atoms. The highest BCUT2D eigenvalue weighted by Gasteiger charge is 2.13. The van der Waals surface area contributed by atoms with Crippen LogP contribution in [0.2, 0.25) is 0 Å². The topological polar surface area (TPSA) is 71.5 Å². The van der Waals surface area contributed by atoms with Gasteiger partial charge in [0.15, 0.2) is 5.13 Å². The molecule has 0 fully saturated rings. The Hall–Kier alpha value is -2.25. The quantitative estimate of drug-likeness (QED) is 0.768. The van der Waals surface area contributed by atoms with E-state index in [0.717, 1.165) is 11.3 Å². The maximum Gasteiger partial charge on any atom is 0.320 e. The van der Waals surface area contributed by atoms with E-state index in [9.17, 15) is 9.59 Å². The molecule has 0 aliphatic heterocycles. The third-order valence-corrected chi connectivity index (χ3v) is 4.43. The van der Waals surface area contributed by atoms with E-state index in [-0.39, 0.29) is 25.0 Å². The third-order valence-electron chi connectivity index (χ3n) is 3.67. The van der Waals surface area contributed by atoms with Crippen LogP contribution in [0.5, 0.6) is 0 Å². The van der Waals surface area contributed by atoms with Crippen molar-refractivity contribution in [3.63, 3.8) is 0 Å². The van der Waals surface area contributed by atoms with Crippen LogP contribution in [0.1, 0.15) is 18.1 Å². The van der Waals surface area contributed by atoms with Gasteiger partial charge in [-0.3, -0.25) is 14.5 Å². The maximum atomic E-state index is 12.1. The van der Waals surface area contributed by atoms with Crippen molar-refractivity contribution in [1.82, 2.24) is 9.88 Å². The van der Waals surface area contributed by atoms with Crippen LogP contribution in [0.15, 0.2) is 23.6 Å². The van der Waals surface area contributed by atoms with Crippen molar-refractivity contribution in [3.8, 4) is 11.3 Å². The first kappa shape index (κ1) is 19.1. The van der Waals surface area contributed by atoms with Crippen LogP contribution in [0.25, 0.3) is 11.3 Å². The lowest BCUT2D eigenvalue weighted by molar-refractivity contribution is -0.144. The Kier molecular flexibility index (Phi) is 6.66. The highest BCUT2D eigenvalue weighted by Crippen LogP contribution is 2.26. The van der Waals surface area contributed by atoms with E-state index < -0.39 is 0 Å². The summed E-state index contributed by atoms with van der Waals surface area (Å²) < 4.78 is 4.86. The van der Waals surface area contributed by atoms with Crippen molar-refractivity contribution in [2.75, 3.05) is 32.1 Å². The second-order valence-electron chi connectivity index (χ2n) is 5.86. The number of aromatic nitrogens is 1. The molecular weight excluding hydrogens is 338 g/mol. The zero-order valence-electron chi connectivity index (χ0n) is 15.0. The number of likely N-dealkylation sites (N-methyl/N-ethyl adjacent to an activating group) is 1. The van der Waals surface area contributed by atoms with Gasteiger partial charge in [0, 0.05) is 10.9 Å². The highest BCUT2D eigenvalue weighted by atomic mass is 32.1. The minimum atomic E-state index is -0.343. The summed E-state index contributed by atoms with van der Waals surface area (Å²) in [4.78, 5) is 29.5. The molecule has 0 saturated heterocycles. The Morgan fingerprint density at radius 2 is 2.00 bits per heavy atom. The van der Waals surface area contributed by atoms with Gasteiger partial charge in [-0.15, -0.1) is 11.3 Å². The number of aryl methyl sites for hydroxylation is 2. The van der Waals surface area contributed by atoms with E-state index in [4.69, 9.17) is 4.74 Å². The molecule has 7 heteroatoms. The van der Waals surface area contributed by atoms with Gasteiger partial charge in [0.05, 0.1) is 25.4 Å². The Morgan fingerprint density at radius 1 is 1.24 bits per heavy atom. The Labute approximate surface area is 151 Å². The number of esters is 1. The lowest BCUT2D eigenvalue weighted by Crippen LogP contribution is -2.34. The lowest BCUT2D eigenvalue weighted by Gasteiger charge is -2.14. The first-order valence-corrected chi connectivity index (χ1v) is 8.94. The molecule has 0 saturated carbocycles. The molecule has 1 heterocycles. The van der Waals surface area contributed by atoms with Gasteiger partial charge >= 0.3 is 5.97 Å². The highest BCUT2D eigenvalue weighted by molar-refractivity contribution is 7.14. The normalized spacial score (nSPS) is 10.8. The molecule has 0 aliphatic rings. The SMILES string of the molecule is CCOC(=O)CN(C)CC(=O)Nc1nc(-c2ccc(C)c(C)c2)cs1. The second kappa shape index (κ2) is 8.73. The molecule has 0 spiro atoms. The van der Waals surface area contributed by atoms with Crippen LogP contribution in [0.3, 0.4) is 0 Å². The molecule has 1 aromatic carbocycles. The molecule has 0 aliphatic carbocycles. The fourth-order valence-electron chi connectivity index (χ4n) is 2.25. The first-order chi connectivity index (χ1) is 11.9. The zero-order valence-corrected chi connectivity index (χ0v) is 15.8. The summed E-state index contributed by atoms with van der Waals surface area (Å²) in [5, 5.41) is 5.23. The molecule has 0 bridgehead atoms. The monoisotopic (exact) mass is 361 g/mol. The van der Waals surface area contributed by atoms with E-state index >= 15 is 0 Å². The standard InChI is InChI=1S/C18H23N3O3S/c1-5-24-17(23)10-21(4)9-16(22)20-18-19-15(11-25-18)14-7-6-12(2)13(3)8-14/h6-8,11H,5,9-10H2,1-4H3,(H,19,20,22). The fourth-order valence-corrected chi connectivity index (χ4v) is 2.99. The third kappa shape index (κ3) is 5.65. The van der Waals surface area contributed by atoms with Crippen LogP contribution in [-0.4, -0.2) is 48.5 Å². The predicted molar refractivity (Wildman–Crippen MR) is 99.8 cm³/mol. The summed E-state index contributed by atoms with van der Waals surface area (Å²) in [5.74, 6) is -0.558. The molecule has 0 unspecified atom stereocenters. The Bertz CT molecular complexity index is 758. The number of hydrogen-bond donors (Lipinski definition) is 1. The molecular formula is C18H23N3O3S. The summed E-state index contributed by atoms with van der Waals surface area (Å²) in [5.41, 5.74) is 4.30. The van der Waals surface area contributed by atoms with Gasteiger partial charge in [-0.2, -0.15) is 0 Å². The van der Waals surface area contributed by atoms with Crippen LogP contribution in [-0.2, 0) is 14.3 Å². The smallest absolute Gasteiger partial charge is 0.320 e. The summed E-state index contributed by atoms with van der Waals surface area (Å²) in [6, 6.07) is 6.17. The number of carbonyl (C=O) groups is 2. The van der Waals surface area contributed by atoms with Crippen LogP contribution in [0, 0.1) is 13.8 Å². The fraction of sp³-hybridized carbons (Fsp3) is 0.389. The molecule has 134 valence electrons. The number of benzene rings is 1. The van der Waals surface area contributed by atoms with Crippen LogP contribution in [0.4, 0.5) is 5.13 Å². The summed E-state index contributed by atoms with van der Waals surface area (Å²) >= 11 is 1.38. The zero-order chi connectivity index (χ0) is 18.4. The number of rotatable bonds is 7. The van der Waals surface area contributed by atoms with Gasteiger partial charge in [-0.25, -0.2) is 4.98 Å². The number of nitrogens with one attached hydrogen (secondary N) is 1. The van der Waals surface area contributed by atoms with Gasteiger partial charge in [0.2, 0.25) is 5.91 Å². The maximum absolute atomic E-state index is 12.1. The number of anilines is 1. The molecule has 2 rings (SSSR count). The average Bonchev–Trinajstić information content (AvgIpc) is 2.98. The number of hydrogen-bond acceptors (Lipinski definition) is 6. The summed E-state index contributed by atoms with van der Waals surface area (Å²) in [7, 11) is 1.69. The van der Waals surface area contributed by atoms with Crippen LogP contribution >= 0.6 is 11.3 Å². The Balaban J connectivity index is 1.93. The molecule has 1 N–H and O–H groups in total. The van der Waals surface area contributed by atoms with Crippen molar-refractivity contribution >= 4 is 28.3 Å². The van der Waals surface area contributed by atoms with Gasteiger partial charge in [0.25, 0.3) is 0 Å². The van der Waals surface area contributed by atoms with Gasteiger partial charge in [0.1, 0.15) is 0 Å². The van der Waals surface area contributed by atoms with E-state index in [0.29, 0.717) is 11.7 Å². The predicted octanol–water partition coefficient (Wildman–Crippen LogP) is 2.86. The molecule has 6 nitrogen and oxygen atoms in total. The average molecular weight is 361 g/mol. The van der Waals surface area contributed by atoms with E-state index in [1.165, 1.54) is 22.5 Å². The number of carbonyl (C=O) groups excluding carboxylic acids is 2. The molecule has 1 amide bonds. The number of thiazole rings is 1. The minimum Gasteiger partial charge on any atom is -0.465 e. The Morgan fingerprint density at radius 3 is 2.68 bits per heavy atom. The number of ether oxygens (including phenoxy) is 1. The molecule has 0 atom stereocenters. The van der Waals surface area contributed by atoms with Gasteiger partial charge in [-0.05, 0) is 45.0 Å². The minimum absolute atomic E-state index is 0.0764. The number of nitrogens with zero attached hydrogens (tertiary/aromatic N) is 2. The van der Waals surface area contributed by atoms with Crippen molar-refractivity contribution < 1.29 is 14.3 Å². The van der Waals surface area contributed by atoms with E-state index in [2.05, 4.69) is 36.3 Å². The first-order valence-electron chi connectivity index (χ1n) is 8.06. The largest absolute Gasteiger partial charge is 0.465 e. The summed E-state index contributed by atoms with van der Waals surface area (Å²) in [6.45, 7) is 6.38. The molecule has 1 aromatic heterocycles. The van der Waals surface area contributed by atoms with Gasteiger partial charge in [-0.1, -0.05) is 12.1 Å².